The summed E-state index contributed by atoms with van der Waals surface area (Å²) in [7, 11) is 0. The Kier molecular flexibility index (Phi) is 16.1. The van der Waals surface area contributed by atoms with E-state index in [9.17, 15) is 42.3 Å². The van der Waals surface area contributed by atoms with Crippen LogP contribution < -0.4 is 21.7 Å². The average Bonchev–Trinajstić information content (AvgIpc) is 3.81. The van der Waals surface area contributed by atoms with Gasteiger partial charge in [0.1, 0.15) is 41.9 Å². The Morgan fingerprint density at radius 1 is 0.810 bits per heavy atom. The second kappa shape index (κ2) is 20.7. The molecular weight excluding hydrogens is 756 g/mol. The molecule has 6 rings (SSSR count). The molecule has 0 aromatic heterocycles. The van der Waals surface area contributed by atoms with Gasteiger partial charge in [0, 0.05) is 31.4 Å². The number of urea groups is 1. The van der Waals surface area contributed by atoms with Crippen LogP contribution in [0.15, 0.2) is 42.5 Å². The van der Waals surface area contributed by atoms with Crippen molar-refractivity contribution in [3.8, 4) is 0 Å². The topological polar surface area (TPSA) is 201 Å². The third kappa shape index (κ3) is 12.7. The Labute approximate surface area is 337 Å². The number of carbonyl (C=O) groups is 7. The number of halogens is 2. The molecule has 4 heterocycles. The minimum atomic E-state index is -0.832. The van der Waals surface area contributed by atoms with Crippen LogP contribution in [0.5, 0.6) is 0 Å². The molecular formula is C41H55F2N7O8. The van der Waals surface area contributed by atoms with Gasteiger partial charge in [0.15, 0.2) is 0 Å². The Morgan fingerprint density at radius 2 is 1.45 bits per heavy atom. The predicted octanol–water partition coefficient (Wildman–Crippen LogP) is 3.31. The maximum absolute atomic E-state index is 13.5. The molecule has 6 atom stereocenters. The largest absolute Gasteiger partial charge is 0.461 e. The van der Waals surface area contributed by atoms with Crippen molar-refractivity contribution < 1.29 is 47.1 Å². The summed E-state index contributed by atoms with van der Waals surface area (Å²) in [5, 5.41) is 7.68. The highest BCUT2D eigenvalue weighted by Crippen LogP contribution is 2.28. The van der Waals surface area contributed by atoms with Gasteiger partial charge >= 0.3 is 12.0 Å². The maximum Gasteiger partial charge on any atom is 0.329 e. The molecule has 316 valence electrons. The second-order valence-corrected chi connectivity index (χ2v) is 15.4. The number of hydrogen-bond acceptors (Lipinski definition) is 8. The molecule has 6 unspecified atom stereocenters. The van der Waals surface area contributed by atoms with Crippen molar-refractivity contribution in [3.05, 3.63) is 65.2 Å². The van der Waals surface area contributed by atoms with Gasteiger partial charge in [-0.15, -0.1) is 0 Å². The standard InChI is InChI=1S/C24H36N4O6.C10H13N3O2.C7H6F2/c1-14-11-19-24(33)34-15(2)12-20(29)26-10-6-8-18(26)23(32)27-9-5-4-7-17(27)21(30)25-16(3)22(31)28(19)13-14;1-7-2-4-8(5-3-7)13-10(15)12-6-9(11)14;1-5-2-6(8)4-7(9)3-5/h14-19H,4-13H2,1-3H3,(H,25,30);2-5H,6H2,1H3,(H2,11,14)(H2,12,13,15);2-4H,1H3. The molecule has 17 heteroatoms. The summed E-state index contributed by atoms with van der Waals surface area (Å²) in [5.74, 6) is -3.19. The summed E-state index contributed by atoms with van der Waals surface area (Å²) in [4.78, 5) is 92.2. The van der Waals surface area contributed by atoms with Crippen LogP contribution in [0.1, 0.15) is 76.8 Å². The number of nitrogens with two attached hydrogens (primary N) is 1. The molecule has 2 aromatic rings. The number of piperidine rings is 1. The number of aryl methyl sites for hydroxylation is 2. The molecule has 4 aliphatic heterocycles. The van der Waals surface area contributed by atoms with Gasteiger partial charge in [-0.2, -0.15) is 0 Å². The van der Waals surface area contributed by atoms with E-state index in [1.807, 2.05) is 26.0 Å². The van der Waals surface area contributed by atoms with Gasteiger partial charge in [-0.1, -0.05) is 24.6 Å². The fourth-order valence-corrected chi connectivity index (χ4v) is 7.47. The number of benzene rings is 2. The number of nitrogens with one attached hydrogen (secondary N) is 3. The number of cyclic esters (lactones) is 1. The van der Waals surface area contributed by atoms with Gasteiger partial charge in [-0.3, -0.25) is 24.0 Å². The van der Waals surface area contributed by atoms with Crippen molar-refractivity contribution >= 4 is 47.2 Å². The Morgan fingerprint density at radius 3 is 2.09 bits per heavy atom. The van der Waals surface area contributed by atoms with Crippen LogP contribution in [0.4, 0.5) is 19.3 Å². The summed E-state index contributed by atoms with van der Waals surface area (Å²) in [6.07, 6.45) is 3.17. The lowest BCUT2D eigenvalue weighted by Gasteiger charge is -2.38. The zero-order valence-corrected chi connectivity index (χ0v) is 33.7. The summed E-state index contributed by atoms with van der Waals surface area (Å²) in [5.41, 5.74) is 7.26. The van der Waals surface area contributed by atoms with Crippen molar-refractivity contribution in [2.24, 2.45) is 11.7 Å². The fraction of sp³-hybridized carbons (Fsp3) is 0.537. The number of hydrogen-bond donors (Lipinski definition) is 4. The zero-order chi connectivity index (χ0) is 42.7. The summed E-state index contributed by atoms with van der Waals surface area (Å²) in [6, 6.07) is 7.44. The summed E-state index contributed by atoms with van der Waals surface area (Å²) in [6.45, 7) is 10.0. The van der Waals surface area contributed by atoms with Crippen LogP contribution in [0.3, 0.4) is 0 Å². The lowest BCUT2D eigenvalue weighted by molar-refractivity contribution is -0.160. The van der Waals surface area contributed by atoms with Crippen molar-refractivity contribution in [2.45, 2.75) is 110 Å². The van der Waals surface area contributed by atoms with Gasteiger partial charge in [-0.05, 0) is 102 Å². The van der Waals surface area contributed by atoms with E-state index < -0.39 is 59.8 Å². The summed E-state index contributed by atoms with van der Waals surface area (Å²) < 4.78 is 30.0. The molecule has 2 aromatic carbocycles. The lowest BCUT2D eigenvalue weighted by atomic mass is 9.99. The Hall–Kier alpha value is -5.61. The molecule has 4 fully saturated rings. The first kappa shape index (κ1) is 45.1. The highest BCUT2D eigenvalue weighted by atomic mass is 19.1. The van der Waals surface area contributed by atoms with Crippen LogP contribution >= 0.6 is 0 Å². The molecule has 58 heavy (non-hydrogen) atoms. The Bertz CT molecular complexity index is 1780. The SMILES string of the molecule is CC1CC2C(=O)OC(C)CC(=O)N3CCCC3C(=O)N3CCCCC3C(=O)NC(C)C(=O)N2C1.Cc1cc(F)cc(F)c1.Cc1ccc(NC(=O)NCC(N)=O)cc1. The van der Waals surface area contributed by atoms with Crippen molar-refractivity contribution in [3.63, 3.8) is 0 Å². The first-order valence-electron chi connectivity index (χ1n) is 19.7. The number of primary amides is 1. The zero-order valence-electron chi connectivity index (χ0n) is 33.7. The quantitative estimate of drug-likeness (QED) is 0.339. The van der Waals surface area contributed by atoms with E-state index in [1.165, 1.54) is 17.0 Å². The fourth-order valence-electron chi connectivity index (χ4n) is 7.47. The molecule has 5 N–H and O–H groups in total. The second-order valence-electron chi connectivity index (χ2n) is 15.4. The maximum atomic E-state index is 13.5. The number of carbonyl (C=O) groups excluding carboxylic acids is 7. The van der Waals surface area contributed by atoms with Crippen LogP contribution in [-0.2, 0) is 33.5 Å². The normalized spacial score (nSPS) is 25.1. The molecule has 0 radical (unpaired) electrons. The number of rotatable bonds is 3. The van der Waals surface area contributed by atoms with E-state index in [1.54, 1.807) is 42.7 Å². The molecule has 15 nitrogen and oxygen atoms in total. The first-order valence-corrected chi connectivity index (χ1v) is 19.7. The van der Waals surface area contributed by atoms with E-state index >= 15 is 0 Å². The smallest absolute Gasteiger partial charge is 0.329 e. The molecule has 4 aliphatic rings. The van der Waals surface area contributed by atoms with Crippen LogP contribution in [0, 0.1) is 31.4 Å². The number of amides is 7. The molecule has 0 aliphatic carbocycles. The third-order valence-corrected chi connectivity index (χ3v) is 10.3. The monoisotopic (exact) mass is 811 g/mol. The molecule has 0 saturated carbocycles. The van der Waals surface area contributed by atoms with E-state index in [0.717, 1.165) is 24.5 Å². The predicted molar refractivity (Wildman–Crippen MR) is 210 cm³/mol. The van der Waals surface area contributed by atoms with Crippen LogP contribution in [0.25, 0.3) is 0 Å². The number of fused-ring (bicyclic) bond motifs is 3. The number of esters is 1. The van der Waals surface area contributed by atoms with E-state index in [0.29, 0.717) is 56.6 Å². The molecule has 0 spiro atoms. The van der Waals surface area contributed by atoms with Gasteiger partial charge in [-0.25, -0.2) is 18.4 Å². The Balaban J connectivity index is 0.000000253. The minimum absolute atomic E-state index is 0.0218. The van der Waals surface area contributed by atoms with E-state index in [-0.39, 0.29) is 42.5 Å². The average molecular weight is 812 g/mol. The first-order chi connectivity index (χ1) is 27.4. The highest BCUT2D eigenvalue weighted by molar-refractivity contribution is 5.96. The lowest BCUT2D eigenvalue weighted by Crippen LogP contribution is -2.59. The van der Waals surface area contributed by atoms with E-state index in [4.69, 9.17) is 10.5 Å². The number of anilines is 1. The third-order valence-electron chi connectivity index (χ3n) is 10.3. The highest BCUT2D eigenvalue weighted by Gasteiger charge is 2.44. The van der Waals surface area contributed by atoms with Gasteiger partial charge in [0.25, 0.3) is 0 Å². The summed E-state index contributed by atoms with van der Waals surface area (Å²) >= 11 is 0. The van der Waals surface area contributed by atoms with Crippen molar-refractivity contribution in [1.29, 1.82) is 0 Å². The number of nitrogens with zero attached hydrogens (tertiary/aromatic N) is 3. The number of ether oxygens (including phenoxy) is 1. The van der Waals surface area contributed by atoms with Gasteiger partial charge < -0.3 is 41.1 Å². The molecule has 0 bridgehead atoms. The van der Waals surface area contributed by atoms with Crippen LogP contribution in [-0.4, -0.2) is 113 Å². The minimum Gasteiger partial charge on any atom is -0.461 e. The van der Waals surface area contributed by atoms with Crippen molar-refractivity contribution in [1.82, 2.24) is 25.3 Å². The van der Waals surface area contributed by atoms with E-state index in [2.05, 4.69) is 16.0 Å². The molecule has 4 saturated heterocycles. The van der Waals surface area contributed by atoms with Crippen LogP contribution in [0.2, 0.25) is 0 Å². The van der Waals surface area contributed by atoms with Gasteiger partial charge in [0.2, 0.25) is 29.5 Å². The van der Waals surface area contributed by atoms with Gasteiger partial charge in [0.05, 0.1) is 13.0 Å². The van der Waals surface area contributed by atoms with Crippen molar-refractivity contribution in [2.75, 3.05) is 31.5 Å². The molecule has 7 amide bonds.